The molecule has 0 aliphatic rings. The van der Waals surface area contributed by atoms with E-state index in [-0.39, 0.29) is 18.5 Å². The summed E-state index contributed by atoms with van der Waals surface area (Å²) in [6.07, 6.45) is 0. The highest BCUT2D eigenvalue weighted by atomic mass is 79.9. The molecule has 0 aromatic heterocycles. The second kappa shape index (κ2) is 7.59. The third-order valence-corrected chi connectivity index (χ3v) is 4.03. The van der Waals surface area contributed by atoms with Crippen molar-refractivity contribution in [3.05, 3.63) is 63.6 Å². The maximum absolute atomic E-state index is 11.9. The fourth-order valence-electron chi connectivity index (χ4n) is 1.87. The van der Waals surface area contributed by atoms with Crippen LogP contribution in [0.2, 0.25) is 5.02 Å². The van der Waals surface area contributed by atoms with Gasteiger partial charge in [-0.25, -0.2) is 0 Å². The lowest BCUT2D eigenvalue weighted by Crippen LogP contribution is -2.30. The Morgan fingerprint density at radius 1 is 1.19 bits per heavy atom. The first-order chi connectivity index (χ1) is 10.1. The molecule has 2 rings (SSSR count). The molecule has 0 radical (unpaired) electrons. The van der Waals surface area contributed by atoms with E-state index in [0.717, 1.165) is 15.7 Å². The summed E-state index contributed by atoms with van der Waals surface area (Å²) in [5.74, 6) is -0.0808. The van der Waals surface area contributed by atoms with Crippen LogP contribution in [0.3, 0.4) is 0 Å². The first-order valence-corrected chi connectivity index (χ1v) is 7.76. The number of hydrogen-bond donors (Lipinski definition) is 2. The Morgan fingerprint density at radius 3 is 2.52 bits per heavy atom. The molecule has 0 heterocycles. The van der Waals surface area contributed by atoms with Gasteiger partial charge < -0.3 is 10.6 Å². The van der Waals surface area contributed by atoms with Crippen LogP contribution in [0.4, 0.5) is 5.69 Å². The lowest BCUT2D eigenvalue weighted by Gasteiger charge is -2.14. The largest absolute Gasteiger partial charge is 0.324 e. The van der Waals surface area contributed by atoms with E-state index in [1.807, 2.05) is 55.5 Å². The van der Waals surface area contributed by atoms with Gasteiger partial charge >= 0.3 is 0 Å². The van der Waals surface area contributed by atoms with Gasteiger partial charge in [0.1, 0.15) is 0 Å². The monoisotopic (exact) mass is 366 g/mol. The minimum Gasteiger partial charge on any atom is -0.324 e. The predicted octanol–water partition coefficient (Wildman–Crippen LogP) is 4.39. The number of rotatable bonds is 5. The lowest BCUT2D eigenvalue weighted by molar-refractivity contribution is -0.115. The van der Waals surface area contributed by atoms with Gasteiger partial charge in [-0.1, -0.05) is 35.9 Å². The van der Waals surface area contributed by atoms with Crippen molar-refractivity contribution in [1.82, 2.24) is 5.32 Å². The maximum atomic E-state index is 11.9. The van der Waals surface area contributed by atoms with Crippen LogP contribution in [0.5, 0.6) is 0 Å². The Hall–Kier alpha value is -1.36. The van der Waals surface area contributed by atoms with Crippen molar-refractivity contribution in [3.63, 3.8) is 0 Å². The highest BCUT2D eigenvalue weighted by Gasteiger charge is 2.09. The standard InChI is InChI=1S/C16H16BrClN2O/c1-11(12-6-8-13(18)9-7-12)19-10-16(21)20-15-5-3-2-4-14(15)17/h2-9,11,19H,10H2,1H3,(H,20,21)/t11-/m0/s1. The van der Waals surface area contributed by atoms with Crippen LogP contribution in [0.25, 0.3) is 0 Å². The van der Waals surface area contributed by atoms with E-state index in [2.05, 4.69) is 26.6 Å². The van der Waals surface area contributed by atoms with E-state index in [4.69, 9.17) is 11.6 Å². The number of anilines is 1. The third-order valence-electron chi connectivity index (χ3n) is 3.09. The molecule has 2 aromatic carbocycles. The van der Waals surface area contributed by atoms with Gasteiger partial charge in [0, 0.05) is 15.5 Å². The van der Waals surface area contributed by atoms with Crippen LogP contribution >= 0.6 is 27.5 Å². The van der Waals surface area contributed by atoms with Crippen LogP contribution in [-0.4, -0.2) is 12.5 Å². The smallest absolute Gasteiger partial charge is 0.238 e. The van der Waals surface area contributed by atoms with Crippen molar-refractivity contribution in [2.24, 2.45) is 0 Å². The first-order valence-electron chi connectivity index (χ1n) is 6.59. The van der Waals surface area contributed by atoms with Crippen LogP contribution in [0, 0.1) is 0 Å². The average molecular weight is 368 g/mol. The zero-order valence-electron chi connectivity index (χ0n) is 11.6. The minimum absolute atomic E-state index is 0.0761. The van der Waals surface area contributed by atoms with Crippen molar-refractivity contribution >= 4 is 39.1 Å². The molecule has 21 heavy (non-hydrogen) atoms. The zero-order valence-corrected chi connectivity index (χ0v) is 13.9. The molecule has 5 heteroatoms. The van der Waals surface area contributed by atoms with E-state index in [9.17, 15) is 4.79 Å². The van der Waals surface area contributed by atoms with E-state index in [1.54, 1.807) is 0 Å². The SMILES string of the molecule is C[C@H](NCC(=O)Nc1ccccc1Br)c1ccc(Cl)cc1. The van der Waals surface area contributed by atoms with Crippen molar-refractivity contribution < 1.29 is 4.79 Å². The van der Waals surface area contributed by atoms with Gasteiger partial charge in [-0.05, 0) is 52.7 Å². The predicted molar refractivity (Wildman–Crippen MR) is 90.6 cm³/mol. The second-order valence-corrected chi connectivity index (χ2v) is 5.97. The number of halogens is 2. The second-order valence-electron chi connectivity index (χ2n) is 4.68. The Bertz CT molecular complexity index is 616. The Labute approximate surface area is 137 Å². The summed E-state index contributed by atoms with van der Waals surface area (Å²) in [5.41, 5.74) is 1.86. The quantitative estimate of drug-likeness (QED) is 0.823. The summed E-state index contributed by atoms with van der Waals surface area (Å²) >= 11 is 9.26. The van der Waals surface area contributed by atoms with Gasteiger partial charge in [-0.2, -0.15) is 0 Å². The Balaban J connectivity index is 1.86. The fraction of sp³-hybridized carbons (Fsp3) is 0.188. The summed E-state index contributed by atoms with van der Waals surface area (Å²) in [7, 11) is 0. The molecule has 0 spiro atoms. The molecule has 2 aromatic rings. The van der Waals surface area contributed by atoms with Crippen molar-refractivity contribution in [2.45, 2.75) is 13.0 Å². The maximum Gasteiger partial charge on any atom is 0.238 e. The lowest BCUT2D eigenvalue weighted by atomic mass is 10.1. The molecule has 2 N–H and O–H groups in total. The topological polar surface area (TPSA) is 41.1 Å². The molecule has 0 saturated carbocycles. The molecule has 0 unspecified atom stereocenters. The number of para-hydroxylation sites is 1. The van der Waals surface area contributed by atoms with Gasteiger partial charge in [0.05, 0.1) is 12.2 Å². The molecule has 1 amide bonds. The minimum atomic E-state index is -0.0808. The summed E-state index contributed by atoms with van der Waals surface area (Å²) in [4.78, 5) is 11.9. The molecule has 3 nitrogen and oxygen atoms in total. The molecule has 0 aliphatic heterocycles. The number of nitrogens with one attached hydrogen (secondary N) is 2. The third kappa shape index (κ3) is 4.84. The average Bonchev–Trinajstić information content (AvgIpc) is 2.48. The summed E-state index contributed by atoms with van der Waals surface area (Å²) in [6, 6.07) is 15.2. The van der Waals surface area contributed by atoms with Crippen molar-refractivity contribution in [3.8, 4) is 0 Å². The van der Waals surface area contributed by atoms with Crippen molar-refractivity contribution in [1.29, 1.82) is 0 Å². The normalized spacial score (nSPS) is 12.0. The van der Waals surface area contributed by atoms with Crippen LogP contribution in [0.15, 0.2) is 53.0 Å². The number of benzene rings is 2. The first kappa shape index (κ1) is 16.0. The molecule has 1 atom stereocenters. The number of carbonyl (C=O) groups is 1. The number of carbonyl (C=O) groups excluding carboxylic acids is 1. The van der Waals surface area contributed by atoms with Crippen LogP contribution in [0.1, 0.15) is 18.5 Å². The summed E-state index contributed by atoms with van der Waals surface area (Å²) in [6.45, 7) is 2.25. The molecular weight excluding hydrogens is 352 g/mol. The van der Waals surface area contributed by atoms with Crippen molar-refractivity contribution in [2.75, 3.05) is 11.9 Å². The molecule has 0 bridgehead atoms. The van der Waals surface area contributed by atoms with Gasteiger partial charge in [0.2, 0.25) is 5.91 Å². The fourth-order valence-corrected chi connectivity index (χ4v) is 2.38. The van der Waals surface area contributed by atoms with Crippen LogP contribution < -0.4 is 10.6 Å². The molecule has 0 fully saturated rings. The summed E-state index contributed by atoms with van der Waals surface area (Å²) in [5, 5.41) is 6.75. The Morgan fingerprint density at radius 2 is 1.86 bits per heavy atom. The molecular formula is C16H16BrClN2O. The van der Waals surface area contributed by atoms with Gasteiger partial charge in [-0.15, -0.1) is 0 Å². The summed E-state index contributed by atoms with van der Waals surface area (Å²) < 4.78 is 0.865. The van der Waals surface area contributed by atoms with Gasteiger partial charge in [0.15, 0.2) is 0 Å². The zero-order chi connectivity index (χ0) is 15.2. The van der Waals surface area contributed by atoms with Gasteiger partial charge in [0.25, 0.3) is 0 Å². The molecule has 0 aliphatic carbocycles. The molecule has 0 saturated heterocycles. The van der Waals surface area contributed by atoms with Gasteiger partial charge in [-0.3, -0.25) is 4.79 Å². The highest BCUT2D eigenvalue weighted by Crippen LogP contribution is 2.21. The number of amides is 1. The molecule has 110 valence electrons. The Kier molecular flexibility index (Phi) is 5.79. The highest BCUT2D eigenvalue weighted by molar-refractivity contribution is 9.10. The van der Waals surface area contributed by atoms with Crippen LogP contribution in [-0.2, 0) is 4.79 Å². The van der Waals surface area contributed by atoms with E-state index in [0.29, 0.717) is 5.02 Å². The number of hydrogen-bond acceptors (Lipinski definition) is 2. The van der Waals surface area contributed by atoms with E-state index >= 15 is 0 Å². The van der Waals surface area contributed by atoms with E-state index in [1.165, 1.54) is 0 Å². The van der Waals surface area contributed by atoms with E-state index < -0.39 is 0 Å².